The molecular weight excluding hydrogens is 745 g/mol. The Balaban J connectivity index is 1.03. The van der Waals surface area contributed by atoms with Gasteiger partial charge < -0.3 is 14.6 Å². The van der Waals surface area contributed by atoms with Crippen LogP contribution >= 0.6 is 11.6 Å². The summed E-state index contributed by atoms with van der Waals surface area (Å²) in [4.78, 5) is 36.8. The molecule has 1 N–H and O–H groups in total. The molecule has 1 spiro atoms. The van der Waals surface area contributed by atoms with Crippen LogP contribution in [0.3, 0.4) is 0 Å². The molecule has 0 amide bonds. The van der Waals surface area contributed by atoms with Crippen LogP contribution < -0.4 is 9.47 Å². The normalized spacial score (nSPS) is 20.7. The zero-order chi connectivity index (χ0) is 39.4. The van der Waals surface area contributed by atoms with Gasteiger partial charge in [0, 0.05) is 73.2 Å². The molecule has 0 radical (unpaired) electrons. The van der Waals surface area contributed by atoms with Crippen LogP contribution in [0.2, 0.25) is 5.02 Å². The number of methoxy groups -OCH3 is 2. The first-order valence-electron chi connectivity index (χ1n) is 19.1. The maximum atomic E-state index is 14.6. The van der Waals surface area contributed by atoms with Gasteiger partial charge in [0.2, 0.25) is 11.8 Å². The molecule has 2 aromatic heterocycles. The number of carboxylic acid groups (broad SMARTS) is 1. The maximum absolute atomic E-state index is 14.6. The second kappa shape index (κ2) is 15.1. The second-order valence-corrected chi connectivity index (χ2v) is 16.3. The van der Waals surface area contributed by atoms with E-state index in [2.05, 4.69) is 9.88 Å². The number of Topliss-reactive ketones (excluding diaryl/α,β-unsaturated/α-hetero) is 1. The predicted octanol–water partition coefficient (Wildman–Crippen LogP) is 8.23. The zero-order valence-electron chi connectivity index (χ0n) is 31.4. The summed E-state index contributed by atoms with van der Waals surface area (Å²) in [6, 6.07) is 16.8. The van der Waals surface area contributed by atoms with E-state index in [9.17, 15) is 27.9 Å². The third kappa shape index (κ3) is 7.39. The van der Waals surface area contributed by atoms with Gasteiger partial charge in [-0.3, -0.25) is 19.4 Å². The number of carbonyl (C=O) groups is 2. The Kier molecular flexibility index (Phi) is 10.3. The lowest BCUT2D eigenvalue weighted by molar-refractivity contribution is -0.141. The Bertz CT molecular complexity index is 2190. The molecule has 2 aromatic carbocycles. The molecule has 8 rings (SSSR count). The van der Waals surface area contributed by atoms with Gasteiger partial charge in [-0.25, -0.2) is 9.97 Å². The molecule has 13 heteroatoms. The molecular formula is C43H44ClF3N4O5. The molecule has 9 nitrogen and oxygen atoms in total. The number of carboxylic acids is 1. The van der Waals surface area contributed by atoms with Crippen LogP contribution in [0.25, 0.3) is 22.4 Å². The highest BCUT2D eigenvalue weighted by atomic mass is 35.5. The molecule has 56 heavy (non-hydrogen) atoms. The van der Waals surface area contributed by atoms with Gasteiger partial charge >= 0.3 is 12.1 Å². The summed E-state index contributed by atoms with van der Waals surface area (Å²) in [5, 5.41) is 9.92. The van der Waals surface area contributed by atoms with E-state index < -0.39 is 23.6 Å². The number of hydrogen-bond acceptors (Lipinski definition) is 8. The van der Waals surface area contributed by atoms with E-state index in [-0.39, 0.29) is 48.0 Å². The molecule has 2 atom stereocenters. The van der Waals surface area contributed by atoms with E-state index >= 15 is 0 Å². The lowest BCUT2D eigenvalue weighted by Crippen LogP contribution is -2.54. The smallest absolute Gasteiger partial charge is 0.418 e. The van der Waals surface area contributed by atoms with Crippen molar-refractivity contribution in [2.45, 2.75) is 70.1 Å². The summed E-state index contributed by atoms with van der Waals surface area (Å²) in [6.45, 7) is 3.33. The summed E-state index contributed by atoms with van der Waals surface area (Å²) in [5.41, 5.74) is 5.69. The Hall–Kier alpha value is -4.52. The molecule has 0 unspecified atom stereocenters. The minimum atomic E-state index is -4.64. The summed E-state index contributed by atoms with van der Waals surface area (Å²) < 4.78 is 55.1. The molecule has 294 valence electrons. The fourth-order valence-electron chi connectivity index (χ4n) is 9.50. The maximum Gasteiger partial charge on any atom is 0.418 e. The predicted molar refractivity (Wildman–Crippen MR) is 205 cm³/mol. The summed E-state index contributed by atoms with van der Waals surface area (Å²) >= 11 is 7.18. The highest BCUT2D eigenvalue weighted by Gasteiger charge is 2.47. The van der Waals surface area contributed by atoms with Crippen molar-refractivity contribution < 1.29 is 37.3 Å². The van der Waals surface area contributed by atoms with Crippen molar-refractivity contribution >= 4 is 23.4 Å². The second-order valence-electron chi connectivity index (χ2n) is 15.9. The molecule has 0 bridgehead atoms. The minimum Gasteiger partial charge on any atom is -0.481 e. The lowest BCUT2D eigenvalue weighted by Gasteiger charge is -2.48. The van der Waals surface area contributed by atoms with E-state index in [0.717, 1.165) is 59.0 Å². The number of carbonyl (C=O) groups excluding carboxylic acids is 1. The monoisotopic (exact) mass is 788 g/mol. The number of ether oxygens (including phenoxy) is 2. The molecule has 4 aromatic rings. The summed E-state index contributed by atoms with van der Waals surface area (Å²) in [5.74, 6) is -0.655. The van der Waals surface area contributed by atoms with Gasteiger partial charge in [0.05, 0.1) is 42.1 Å². The van der Waals surface area contributed by atoms with Crippen molar-refractivity contribution in [3.05, 3.63) is 93.1 Å². The number of hydrogen-bond donors (Lipinski definition) is 1. The third-order valence-electron chi connectivity index (χ3n) is 12.2. The molecule has 2 aliphatic carbocycles. The quantitative estimate of drug-likeness (QED) is 0.161. The highest BCUT2D eigenvalue weighted by molar-refractivity contribution is 6.36. The molecule has 3 fully saturated rings. The average molecular weight is 789 g/mol. The van der Waals surface area contributed by atoms with Crippen molar-refractivity contribution in [2.75, 3.05) is 40.4 Å². The average Bonchev–Trinajstić information content (AvgIpc) is 3.91. The first kappa shape index (κ1) is 38.4. The van der Waals surface area contributed by atoms with Crippen LogP contribution in [0.15, 0.2) is 54.6 Å². The van der Waals surface area contributed by atoms with E-state index in [0.29, 0.717) is 67.6 Å². The Morgan fingerprint density at radius 1 is 0.929 bits per heavy atom. The lowest BCUT2D eigenvalue weighted by atomic mass is 9.78. The van der Waals surface area contributed by atoms with E-state index in [4.69, 9.17) is 26.1 Å². The van der Waals surface area contributed by atoms with Crippen LogP contribution in [0.1, 0.15) is 71.5 Å². The van der Waals surface area contributed by atoms with E-state index in [1.54, 1.807) is 7.11 Å². The van der Waals surface area contributed by atoms with Gasteiger partial charge in [-0.05, 0) is 73.4 Å². The number of ketones is 1. The number of aliphatic carboxylic acids is 1. The summed E-state index contributed by atoms with van der Waals surface area (Å²) in [6.07, 6.45) is -0.481. The molecule has 2 aliphatic heterocycles. The van der Waals surface area contributed by atoms with Gasteiger partial charge in [0.1, 0.15) is 5.78 Å². The van der Waals surface area contributed by atoms with Crippen LogP contribution in [0, 0.1) is 11.3 Å². The van der Waals surface area contributed by atoms with Crippen molar-refractivity contribution in [1.29, 1.82) is 0 Å². The number of halogens is 4. The Labute approximate surface area is 328 Å². The first-order chi connectivity index (χ1) is 26.8. The minimum absolute atomic E-state index is 0.0723. The Morgan fingerprint density at radius 3 is 2.34 bits per heavy atom. The molecule has 1 saturated carbocycles. The van der Waals surface area contributed by atoms with E-state index in [1.165, 1.54) is 7.11 Å². The van der Waals surface area contributed by atoms with Gasteiger partial charge in [-0.1, -0.05) is 54.1 Å². The molecule has 4 heterocycles. The largest absolute Gasteiger partial charge is 0.481 e. The number of fused-ring (bicyclic) bond motifs is 1. The Morgan fingerprint density at radius 2 is 1.64 bits per heavy atom. The number of aromatic nitrogens is 2. The van der Waals surface area contributed by atoms with Crippen LogP contribution in [-0.4, -0.2) is 77.0 Å². The topological polar surface area (TPSA) is 105 Å². The van der Waals surface area contributed by atoms with Crippen LogP contribution in [-0.2, 0) is 41.7 Å². The number of likely N-dealkylation sites (tertiary alicyclic amines) is 2. The fraction of sp³-hybridized carbons (Fsp3) is 0.442. The summed E-state index contributed by atoms with van der Waals surface area (Å²) in [7, 11) is 3.00. The van der Waals surface area contributed by atoms with E-state index in [1.807, 2.05) is 53.4 Å². The number of alkyl halides is 3. The van der Waals surface area contributed by atoms with Gasteiger partial charge in [0.25, 0.3) is 0 Å². The molecule has 2 saturated heterocycles. The highest BCUT2D eigenvalue weighted by Crippen LogP contribution is 2.47. The van der Waals surface area contributed by atoms with Crippen molar-refractivity contribution in [1.82, 2.24) is 19.8 Å². The van der Waals surface area contributed by atoms with Crippen molar-refractivity contribution in [3.8, 4) is 34.1 Å². The van der Waals surface area contributed by atoms with Crippen LogP contribution in [0.5, 0.6) is 11.8 Å². The van der Waals surface area contributed by atoms with Crippen LogP contribution in [0.4, 0.5) is 13.2 Å². The SMILES string of the molecule is COc1nc(-c2cccc(-c3cccc4c3CC[C@@H]4Cc3nc(OC)c(CN4CC[C@@H](C(=O)O)C4)cc3C(F)(F)F)c2Cl)ccc1CN1CC2(CCC(=O)C2)C1. The van der Waals surface area contributed by atoms with Gasteiger partial charge in [0.15, 0.2) is 0 Å². The molecule has 4 aliphatic rings. The third-order valence-corrected chi connectivity index (χ3v) is 12.6. The number of benzene rings is 2. The number of nitrogens with zero attached hydrogens (tertiary/aromatic N) is 4. The standard InChI is InChI=1S/C43H44ClF3N4O5/c1-55-39-26(20-51-23-42(24-51)15-13-29(52)19-42)10-12-36(48-39)34-8-4-7-33(38(34)44)31-6-3-5-30-25(9-11-32(30)31)18-37-35(43(45,46)47)17-28(40(49-37)56-2)22-50-16-14-27(21-50)41(53)54/h3-8,10,12,17,25,27H,9,11,13-16,18-24H2,1-2H3,(H,53,54)/t25-,27-/m1/s1. The van der Waals surface area contributed by atoms with Gasteiger partial charge in [-0.2, -0.15) is 13.2 Å². The number of pyridine rings is 2. The van der Waals surface area contributed by atoms with Crippen molar-refractivity contribution in [2.24, 2.45) is 11.3 Å². The van der Waals surface area contributed by atoms with Crippen molar-refractivity contribution in [3.63, 3.8) is 0 Å². The fourth-order valence-corrected chi connectivity index (χ4v) is 9.83. The zero-order valence-corrected chi connectivity index (χ0v) is 32.2. The van der Waals surface area contributed by atoms with Gasteiger partial charge in [-0.15, -0.1) is 0 Å². The number of rotatable bonds is 11. The first-order valence-corrected chi connectivity index (χ1v) is 19.5.